The molecule has 2 aromatic heterocycles. The molecule has 7 nitrogen and oxygen atoms in total. The van der Waals surface area contributed by atoms with Crippen LogP contribution in [-0.2, 0) is 7.05 Å². The number of aromatic nitrogens is 4. The molecule has 0 bridgehead atoms. The Morgan fingerprint density at radius 2 is 2.16 bits per heavy atom. The highest BCUT2D eigenvalue weighted by molar-refractivity contribution is 7.99. The Labute approximate surface area is 112 Å². The molecule has 0 aliphatic carbocycles. The molecule has 19 heavy (non-hydrogen) atoms. The summed E-state index contributed by atoms with van der Waals surface area (Å²) < 4.78 is 1.37. The number of aliphatic hydroxyl groups excluding tert-OH is 1. The van der Waals surface area contributed by atoms with Gasteiger partial charge in [-0.25, -0.2) is 0 Å². The predicted molar refractivity (Wildman–Crippen MR) is 69.1 cm³/mol. The van der Waals surface area contributed by atoms with Crippen LogP contribution in [0.4, 0.5) is 0 Å². The smallest absolute Gasteiger partial charge is 0.339 e. The van der Waals surface area contributed by atoms with E-state index in [0.717, 1.165) is 4.90 Å². The summed E-state index contributed by atoms with van der Waals surface area (Å²) in [6.07, 6.45) is 0.943. The summed E-state index contributed by atoms with van der Waals surface area (Å²) in [6, 6.07) is 3.45. The van der Waals surface area contributed by atoms with Crippen LogP contribution >= 0.6 is 11.8 Å². The van der Waals surface area contributed by atoms with Gasteiger partial charge in [-0.2, -0.15) is 4.98 Å². The van der Waals surface area contributed by atoms with Gasteiger partial charge < -0.3 is 5.11 Å². The number of hydrogen-bond donors (Lipinski definition) is 2. The maximum Gasteiger partial charge on any atom is 0.339 e. The van der Waals surface area contributed by atoms with Crippen molar-refractivity contribution in [2.45, 2.75) is 23.1 Å². The third-order valence-corrected chi connectivity index (χ3v) is 3.37. The van der Waals surface area contributed by atoms with Crippen LogP contribution in [0.2, 0.25) is 0 Å². The predicted octanol–water partition coefficient (Wildman–Crippen LogP) is 0.0681. The molecule has 2 N–H and O–H groups in total. The second-order valence-corrected chi connectivity index (χ2v) is 4.94. The number of nitrogens with one attached hydrogen (secondary N) is 1. The Morgan fingerprint density at radius 3 is 2.74 bits per heavy atom. The van der Waals surface area contributed by atoms with Gasteiger partial charge in [-0.3, -0.25) is 24.4 Å². The number of rotatable bonds is 3. The van der Waals surface area contributed by atoms with Crippen molar-refractivity contribution in [1.29, 1.82) is 0 Å². The summed E-state index contributed by atoms with van der Waals surface area (Å²) in [6.45, 7) is 1.63. The van der Waals surface area contributed by atoms with E-state index in [1.54, 1.807) is 32.3 Å². The fraction of sp³-hybridized carbons (Fsp3) is 0.273. The van der Waals surface area contributed by atoms with Crippen molar-refractivity contribution >= 4 is 11.8 Å². The number of H-pyrrole nitrogens is 1. The molecule has 0 saturated heterocycles. The van der Waals surface area contributed by atoms with E-state index in [-0.39, 0.29) is 0 Å². The Morgan fingerprint density at radius 1 is 1.42 bits per heavy atom. The number of aryl methyl sites for hydroxylation is 1. The maximum absolute atomic E-state index is 11.2. The first-order valence-electron chi connectivity index (χ1n) is 5.46. The van der Waals surface area contributed by atoms with Crippen molar-refractivity contribution in [2.24, 2.45) is 7.05 Å². The number of hydrogen-bond acceptors (Lipinski definition) is 6. The standard InChI is InChI=1S/C11H12N4O3S/c1-6(16)8-4-3-7(5-12-8)19-11-13-9(17)10(18)14-15(11)2/h3-6,16H,1-2H3,(H,14,18)/t6-/m0/s1. The first kappa shape index (κ1) is 13.5. The molecule has 0 radical (unpaired) electrons. The topological polar surface area (TPSA) is 101 Å². The average Bonchev–Trinajstić information content (AvgIpc) is 2.36. The Hall–Kier alpha value is -1.93. The Kier molecular flexibility index (Phi) is 3.82. The van der Waals surface area contributed by atoms with Crippen LogP contribution in [0.1, 0.15) is 18.7 Å². The van der Waals surface area contributed by atoms with Crippen molar-refractivity contribution in [3.05, 3.63) is 44.7 Å². The summed E-state index contributed by atoms with van der Waals surface area (Å²) >= 11 is 1.20. The molecule has 0 spiro atoms. The fourth-order valence-electron chi connectivity index (χ4n) is 1.36. The molecule has 0 saturated carbocycles. The molecule has 1 atom stereocenters. The lowest BCUT2D eigenvalue weighted by Crippen LogP contribution is -2.33. The van der Waals surface area contributed by atoms with E-state index in [4.69, 9.17) is 0 Å². The van der Waals surface area contributed by atoms with Gasteiger partial charge in [0, 0.05) is 18.1 Å². The van der Waals surface area contributed by atoms with Crippen molar-refractivity contribution in [3.63, 3.8) is 0 Å². The lowest BCUT2D eigenvalue weighted by Gasteiger charge is -2.07. The minimum atomic E-state index is -0.825. The summed E-state index contributed by atoms with van der Waals surface area (Å²) in [4.78, 5) is 30.8. The monoisotopic (exact) mass is 280 g/mol. The first-order valence-corrected chi connectivity index (χ1v) is 6.28. The van der Waals surface area contributed by atoms with Crippen molar-refractivity contribution in [2.75, 3.05) is 0 Å². The molecule has 0 aromatic carbocycles. The Bertz CT molecular complexity index is 690. The highest BCUT2D eigenvalue weighted by Crippen LogP contribution is 2.24. The highest BCUT2D eigenvalue weighted by Gasteiger charge is 2.07. The first-order chi connectivity index (χ1) is 8.97. The van der Waals surface area contributed by atoms with Crippen LogP contribution in [0.25, 0.3) is 0 Å². The van der Waals surface area contributed by atoms with Crippen LogP contribution in [0.5, 0.6) is 0 Å². The molecule has 0 amide bonds. The van der Waals surface area contributed by atoms with Gasteiger partial charge in [0.25, 0.3) is 0 Å². The number of aromatic amines is 1. The zero-order chi connectivity index (χ0) is 14.0. The normalized spacial score (nSPS) is 12.4. The molecule has 2 heterocycles. The second-order valence-electron chi connectivity index (χ2n) is 3.90. The van der Waals surface area contributed by atoms with Crippen LogP contribution in [0.3, 0.4) is 0 Å². The summed E-state index contributed by atoms with van der Waals surface area (Å²) in [7, 11) is 1.59. The van der Waals surface area contributed by atoms with Gasteiger partial charge >= 0.3 is 11.1 Å². The summed E-state index contributed by atoms with van der Waals surface area (Å²) in [5.74, 6) is 0. The SMILES string of the molecule is C[C@H](O)c1ccc(Sc2nc(=O)c(=O)[nH]n2C)cn1. The van der Waals surface area contributed by atoms with E-state index < -0.39 is 17.2 Å². The zero-order valence-electron chi connectivity index (χ0n) is 10.3. The van der Waals surface area contributed by atoms with E-state index in [1.165, 1.54) is 16.4 Å². The van der Waals surface area contributed by atoms with Crippen LogP contribution in [-0.4, -0.2) is 24.9 Å². The van der Waals surface area contributed by atoms with Crippen molar-refractivity contribution < 1.29 is 5.11 Å². The van der Waals surface area contributed by atoms with E-state index >= 15 is 0 Å². The van der Waals surface area contributed by atoms with Gasteiger partial charge in [-0.05, 0) is 30.8 Å². The van der Waals surface area contributed by atoms with Crippen LogP contribution in [0.15, 0.2) is 38.0 Å². The van der Waals surface area contributed by atoms with E-state index in [2.05, 4.69) is 15.1 Å². The molecular weight excluding hydrogens is 268 g/mol. The second kappa shape index (κ2) is 5.37. The van der Waals surface area contributed by atoms with Crippen molar-refractivity contribution in [1.82, 2.24) is 19.7 Å². The molecule has 8 heteroatoms. The number of pyridine rings is 1. The minimum Gasteiger partial charge on any atom is -0.387 e. The maximum atomic E-state index is 11.2. The average molecular weight is 280 g/mol. The lowest BCUT2D eigenvalue weighted by molar-refractivity contribution is 0.194. The van der Waals surface area contributed by atoms with E-state index in [0.29, 0.717) is 10.9 Å². The van der Waals surface area contributed by atoms with E-state index in [9.17, 15) is 14.7 Å². The molecule has 2 aromatic rings. The molecular formula is C11H12N4O3S. The number of aliphatic hydroxyl groups is 1. The van der Waals surface area contributed by atoms with Gasteiger partial charge in [-0.15, -0.1) is 0 Å². The molecule has 100 valence electrons. The third kappa shape index (κ3) is 3.09. The lowest BCUT2D eigenvalue weighted by atomic mass is 10.2. The van der Waals surface area contributed by atoms with Gasteiger partial charge in [0.2, 0.25) is 0 Å². The van der Waals surface area contributed by atoms with Gasteiger partial charge in [-0.1, -0.05) is 0 Å². The fourth-order valence-corrected chi connectivity index (χ4v) is 2.12. The third-order valence-electron chi connectivity index (χ3n) is 2.34. The van der Waals surface area contributed by atoms with E-state index in [1.807, 2.05) is 0 Å². The summed E-state index contributed by atoms with van der Waals surface area (Å²) in [5, 5.41) is 12.1. The quantitative estimate of drug-likeness (QED) is 0.771. The molecule has 0 aliphatic rings. The Balaban J connectivity index is 2.29. The van der Waals surface area contributed by atoms with Gasteiger partial charge in [0.15, 0.2) is 5.16 Å². The summed E-state index contributed by atoms with van der Waals surface area (Å²) in [5.41, 5.74) is -1.02. The largest absolute Gasteiger partial charge is 0.387 e. The highest BCUT2D eigenvalue weighted by atomic mass is 32.2. The van der Waals surface area contributed by atoms with Crippen molar-refractivity contribution in [3.8, 4) is 0 Å². The molecule has 0 unspecified atom stereocenters. The van der Waals surface area contributed by atoms with Gasteiger partial charge in [0.05, 0.1) is 11.8 Å². The molecule has 0 aliphatic heterocycles. The molecule has 2 rings (SSSR count). The zero-order valence-corrected chi connectivity index (χ0v) is 11.1. The minimum absolute atomic E-state index is 0.358. The number of nitrogens with zero attached hydrogens (tertiary/aromatic N) is 3. The molecule has 0 fully saturated rings. The van der Waals surface area contributed by atoms with Crippen LogP contribution < -0.4 is 11.1 Å². The van der Waals surface area contributed by atoms with Crippen LogP contribution in [0, 0.1) is 0 Å². The van der Waals surface area contributed by atoms with Gasteiger partial charge in [0.1, 0.15) is 0 Å².